The molecule has 0 saturated carbocycles. The minimum atomic E-state index is -0.193. The summed E-state index contributed by atoms with van der Waals surface area (Å²) in [5.74, 6) is 3.07. The first kappa shape index (κ1) is 23.6. The van der Waals surface area contributed by atoms with Gasteiger partial charge in [0.15, 0.2) is 5.96 Å². The van der Waals surface area contributed by atoms with Gasteiger partial charge in [-0.15, -0.1) is 24.0 Å². The van der Waals surface area contributed by atoms with Gasteiger partial charge in [-0.25, -0.2) is 0 Å². The molecule has 1 aromatic rings. The molecule has 1 heterocycles. The zero-order valence-electron chi connectivity index (χ0n) is 16.7. The van der Waals surface area contributed by atoms with Crippen LogP contribution < -0.4 is 19.5 Å². The Morgan fingerprint density at radius 3 is 2.22 bits per heavy atom. The number of benzene rings is 1. The number of ether oxygens (including phenoxy) is 3. The molecule has 2 rings (SSSR count). The van der Waals surface area contributed by atoms with Crippen molar-refractivity contribution in [1.82, 2.24) is 10.2 Å². The van der Waals surface area contributed by atoms with Crippen LogP contribution in [-0.2, 0) is 6.42 Å². The summed E-state index contributed by atoms with van der Waals surface area (Å²) in [6, 6.07) is 3.72. The van der Waals surface area contributed by atoms with Crippen LogP contribution in [0.4, 0.5) is 0 Å². The van der Waals surface area contributed by atoms with E-state index in [9.17, 15) is 5.11 Å². The van der Waals surface area contributed by atoms with E-state index in [0.29, 0.717) is 18.7 Å². The highest BCUT2D eigenvalue weighted by atomic mass is 127. The standard InChI is InChI=1S/C19H31N3O4.HI/c1-5-20-19(22-10-7-14(23)8-11-22)21-9-6-16-17(25-3)12-15(24-2)13-18(16)26-4;/h12-14,23H,5-11H2,1-4H3,(H,20,21);1H. The van der Waals surface area contributed by atoms with Crippen molar-refractivity contribution in [3.05, 3.63) is 17.7 Å². The molecular formula is C19H32IN3O4. The maximum atomic E-state index is 9.70. The molecular weight excluding hydrogens is 461 g/mol. The van der Waals surface area contributed by atoms with Gasteiger partial charge in [-0.3, -0.25) is 4.99 Å². The van der Waals surface area contributed by atoms with Crippen LogP contribution in [-0.4, -0.2) is 69.6 Å². The summed E-state index contributed by atoms with van der Waals surface area (Å²) in [4.78, 5) is 6.97. The lowest BCUT2D eigenvalue weighted by molar-refractivity contribution is 0.108. The van der Waals surface area contributed by atoms with Crippen LogP contribution in [0.25, 0.3) is 0 Å². The predicted molar refractivity (Wildman–Crippen MR) is 118 cm³/mol. The van der Waals surface area contributed by atoms with Crippen molar-refractivity contribution in [3.63, 3.8) is 0 Å². The molecule has 1 saturated heterocycles. The van der Waals surface area contributed by atoms with Gasteiger partial charge in [-0.2, -0.15) is 0 Å². The summed E-state index contributed by atoms with van der Waals surface area (Å²) >= 11 is 0. The number of methoxy groups -OCH3 is 3. The van der Waals surface area contributed by atoms with E-state index in [1.54, 1.807) is 21.3 Å². The Labute approximate surface area is 179 Å². The number of piperidine rings is 1. The fourth-order valence-corrected chi connectivity index (χ4v) is 3.10. The average molecular weight is 493 g/mol. The Bertz CT molecular complexity index is 580. The van der Waals surface area contributed by atoms with E-state index in [1.165, 1.54) is 0 Å². The summed E-state index contributed by atoms with van der Waals surface area (Å²) in [5.41, 5.74) is 0.976. The van der Waals surface area contributed by atoms with Gasteiger partial charge in [-0.1, -0.05) is 0 Å². The van der Waals surface area contributed by atoms with Gasteiger partial charge < -0.3 is 29.5 Å². The fraction of sp³-hybridized carbons (Fsp3) is 0.632. The lowest BCUT2D eigenvalue weighted by Crippen LogP contribution is -2.46. The summed E-state index contributed by atoms with van der Waals surface area (Å²) < 4.78 is 16.3. The number of guanidine groups is 1. The third-order valence-electron chi connectivity index (χ3n) is 4.54. The van der Waals surface area contributed by atoms with Gasteiger partial charge in [0, 0.05) is 43.9 Å². The first-order valence-corrected chi connectivity index (χ1v) is 9.13. The van der Waals surface area contributed by atoms with Gasteiger partial charge >= 0.3 is 0 Å². The molecule has 1 aromatic carbocycles. The minimum Gasteiger partial charge on any atom is -0.496 e. The van der Waals surface area contributed by atoms with E-state index >= 15 is 0 Å². The quantitative estimate of drug-likeness (QED) is 0.345. The van der Waals surface area contributed by atoms with Gasteiger partial charge in [0.2, 0.25) is 0 Å². The molecule has 1 aliphatic heterocycles. The molecule has 0 radical (unpaired) electrons. The van der Waals surface area contributed by atoms with Crippen LogP contribution in [0.5, 0.6) is 17.2 Å². The van der Waals surface area contributed by atoms with E-state index in [-0.39, 0.29) is 30.1 Å². The number of aliphatic imine (C=N–C) groups is 1. The molecule has 0 aromatic heterocycles. The molecule has 8 heteroatoms. The lowest BCUT2D eigenvalue weighted by Gasteiger charge is -2.32. The van der Waals surface area contributed by atoms with Crippen molar-refractivity contribution in [2.24, 2.45) is 4.99 Å². The predicted octanol–water partition coefficient (Wildman–Crippen LogP) is 2.30. The minimum absolute atomic E-state index is 0. The molecule has 0 aliphatic carbocycles. The smallest absolute Gasteiger partial charge is 0.193 e. The van der Waals surface area contributed by atoms with E-state index in [0.717, 1.165) is 55.5 Å². The number of aliphatic hydroxyl groups is 1. The number of nitrogens with zero attached hydrogens (tertiary/aromatic N) is 2. The van der Waals surface area contributed by atoms with E-state index in [1.807, 2.05) is 12.1 Å². The third kappa shape index (κ3) is 6.60. The Hall–Kier alpha value is -1.42. The van der Waals surface area contributed by atoms with Crippen molar-refractivity contribution in [2.45, 2.75) is 32.3 Å². The Morgan fingerprint density at radius 1 is 1.15 bits per heavy atom. The van der Waals surface area contributed by atoms with Crippen molar-refractivity contribution in [3.8, 4) is 17.2 Å². The fourth-order valence-electron chi connectivity index (χ4n) is 3.10. The normalized spacial score (nSPS) is 15.1. The molecule has 0 unspecified atom stereocenters. The molecule has 0 amide bonds. The zero-order valence-corrected chi connectivity index (χ0v) is 19.0. The maximum absolute atomic E-state index is 9.70. The number of hydrogen-bond donors (Lipinski definition) is 2. The topological polar surface area (TPSA) is 75.6 Å². The number of halogens is 1. The maximum Gasteiger partial charge on any atom is 0.193 e. The molecule has 154 valence electrons. The SMILES string of the molecule is CCNC(=NCCc1c(OC)cc(OC)cc1OC)N1CCC(O)CC1.I. The van der Waals surface area contributed by atoms with Gasteiger partial charge in [0.1, 0.15) is 17.2 Å². The highest BCUT2D eigenvalue weighted by molar-refractivity contribution is 14.0. The largest absolute Gasteiger partial charge is 0.496 e. The van der Waals surface area contributed by atoms with E-state index in [2.05, 4.69) is 17.1 Å². The molecule has 1 aliphatic rings. The highest BCUT2D eigenvalue weighted by Crippen LogP contribution is 2.34. The second-order valence-corrected chi connectivity index (χ2v) is 6.21. The first-order valence-electron chi connectivity index (χ1n) is 9.13. The number of likely N-dealkylation sites (tertiary alicyclic amines) is 1. The van der Waals surface area contributed by atoms with Crippen LogP contribution in [0.3, 0.4) is 0 Å². The number of nitrogens with one attached hydrogen (secondary N) is 1. The van der Waals surface area contributed by atoms with Crippen LogP contribution in [0.15, 0.2) is 17.1 Å². The molecule has 27 heavy (non-hydrogen) atoms. The molecule has 0 atom stereocenters. The van der Waals surface area contributed by atoms with Gasteiger partial charge in [0.25, 0.3) is 0 Å². The van der Waals surface area contributed by atoms with Crippen molar-refractivity contribution < 1.29 is 19.3 Å². The molecule has 0 spiro atoms. The molecule has 7 nitrogen and oxygen atoms in total. The number of hydrogen-bond acceptors (Lipinski definition) is 5. The van der Waals surface area contributed by atoms with Crippen molar-refractivity contribution >= 4 is 29.9 Å². The molecule has 2 N–H and O–H groups in total. The van der Waals surface area contributed by atoms with E-state index in [4.69, 9.17) is 19.2 Å². The molecule has 1 fully saturated rings. The van der Waals surface area contributed by atoms with Crippen molar-refractivity contribution in [1.29, 1.82) is 0 Å². The van der Waals surface area contributed by atoms with E-state index < -0.39 is 0 Å². The van der Waals surface area contributed by atoms with Crippen LogP contribution in [0, 0.1) is 0 Å². The van der Waals surface area contributed by atoms with Crippen LogP contribution >= 0.6 is 24.0 Å². The summed E-state index contributed by atoms with van der Waals surface area (Å²) in [6.07, 6.45) is 2.07. The van der Waals surface area contributed by atoms with Gasteiger partial charge in [0.05, 0.1) is 27.4 Å². The number of rotatable bonds is 7. The summed E-state index contributed by atoms with van der Waals surface area (Å²) in [5, 5.41) is 13.0. The zero-order chi connectivity index (χ0) is 18.9. The van der Waals surface area contributed by atoms with Crippen molar-refractivity contribution in [2.75, 3.05) is 47.5 Å². The monoisotopic (exact) mass is 493 g/mol. The Balaban J connectivity index is 0.00000364. The van der Waals surface area contributed by atoms with Gasteiger partial charge in [-0.05, 0) is 26.2 Å². The second-order valence-electron chi connectivity index (χ2n) is 6.21. The Morgan fingerprint density at radius 2 is 1.74 bits per heavy atom. The number of aliphatic hydroxyl groups excluding tert-OH is 1. The second kappa shape index (κ2) is 12.1. The molecule has 0 bridgehead atoms. The first-order chi connectivity index (χ1) is 12.6. The van der Waals surface area contributed by atoms with Crippen LogP contribution in [0.1, 0.15) is 25.3 Å². The lowest BCUT2D eigenvalue weighted by atomic mass is 10.1. The highest BCUT2D eigenvalue weighted by Gasteiger charge is 2.20. The Kier molecular flexibility index (Phi) is 10.6. The average Bonchev–Trinajstić information content (AvgIpc) is 2.67. The summed E-state index contributed by atoms with van der Waals surface area (Å²) in [7, 11) is 4.91. The van der Waals surface area contributed by atoms with Crippen LogP contribution in [0.2, 0.25) is 0 Å². The third-order valence-corrected chi connectivity index (χ3v) is 4.54. The summed E-state index contributed by atoms with van der Waals surface area (Å²) in [6.45, 7) is 5.13.